The van der Waals surface area contributed by atoms with Crippen molar-refractivity contribution in [3.63, 3.8) is 0 Å². The van der Waals surface area contributed by atoms with Crippen LogP contribution in [0.3, 0.4) is 0 Å². The number of nitrogens with one attached hydrogen (secondary N) is 1. The molecule has 0 aliphatic carbocycles. The van der Waals surface area contributed by atoms with Gasteiger partial charge in [-0.1, -0.05) is 38.1 Å². The van der Waals surface area contributed by atoms with Crippen molar-refractivity contribution in [1.29, 1.82) is 0 Å². The van der Waals surface area contributed by atoms with Crippen molar-refractivity contribution in [3.8, 4) is 11.5 Å². The molecule has 0 saturated carbocycles. The van der Waals surface area contributed by atoms with Crippen LogP contribution in [0.4, 0.5) is 0 Å². The summed E-state index contributed by atoms with van der Waals surface area (Å²) < 4.78 is 4.97. The van der Waals surface area contributed by atoms with Gasteiger partial charge in [0.1, 0.15) is 0 Å². The maximum Gasteiger partial charge on any atom is 0.271 e. The lowest BCUT2D eigenvalue weighted by molar-refractivity contribution is 0.0955. The molecular weight excluding hydrogens is 292 g/mol. The Kier molecular flexibility index (Phi) is 5.36. The number of methoxy groups -OCH3 is 1. The summed E-state index contributed by atoms with van der Waals surface area (Å²) in [7, 11) is 1.43. The Morgan fingerprint density at radius 1 is 1.22 bits per heavy atom. The zero-order valence-electron chi connectivity index (χ0n) is 13.4. The fourth-order valence-electron chi connectivity index (χ4n) is 2.02. The number of hydrazone groups is 1. The van der Waals surface area contributed by atoms with Crippen LogP contribution in [0.25, 0.3) is 0 Å². The number of phenolic OH excluding ortho intramolecular Hbond substituents is 1. The molecule has 0 aromatic heterocycles. The lowest BCUT2D eigenvalue weighted by Crippen LogP contribution is -2.17. The predicted octanol–water partition coefficient (Wildman–Crippen LogP) is 3.29. The molecule has 0 atom stereocenters. The molecule has 0 aliphatic heterocycles. The average molecular weight is 312 g/mol. The first-order valence-electron chi connectivity index (χ1n) is 7.31. The number of aromatic hydroxyl groups is 1. The molecule has 2 N–H and O–H groups in total. The normalized spacial score (nSPS) is 11.0. The Morgan fingerprint density at radius 3 is 2.52 bits per heavy atom. The molecule has 2 aromatic rings. The van der Waals surface area contributed by atoms with Gasteiger partial charge in [-0.3, -0.25) is 4.79 Å². The van der Waals surface area contributed by atoms with E-state index < -0.39 is 0 Å². The van der Waals surface area contributed by atoms with Crippen molar-refractivity contribution in [2.75, 3.05) is 7.11 Å². The van der Waals surface area contributed by atoms with Gasteiger partial charge >= 0.3 is 0 Å². The third kappa shape index (κ3) is 4.32. The zero-order chi connectivity index (χ0) is 16.8. The van der Waals surface area contributed by atoms with E-state index in [1.807, 2.05) is 24.3 Å². The average Bonchev–Trinajstić information content (AvgIpc) is 2.55. The topological polar surface area (TPSA) is 70.9 Å². The van der Waals surface area contributed by atoms with Crippen LogP contribution in [0.1, 0.15) is 41.3 Å². The molecule has 0 bridgehead atoms. The van der Waals surface area contributed by atoms with Gasteiger partial charge in [0.05, 0.1) is 13.3 Å². The maximum absolute atomic E-state index is 12.0. The Labute approximate surface area is 135 Å². The number of hydrogen-bond acceptors (Lipinski definition) is 4. The van der Waals surface area contributed by atoms with Crippen LogP contribution in [0.2, 0.25) is 0 Å². The van der Waals surface area contributed by atoms with Crippen molar-refractivity contribution >= 4 is 12.1 Å². The summed E-state index contributed by atoms with van der Waals surface area (Å²) in [5, 5.41) is 13.5. The van der Waals surface area contributed by atoms with Gasteiger partial charge in [-0.2, -0.15) is 5.10 Å². The molecule has 0 saturated heterocycles. The summed E-state index contributed by atoms with van der Waals surface area (Å²) in [5.41, 5.74) is 4.96. The zero-order valence-corrected chi connectivity index (χ0v) is 13.4. The second kappa shape index (κ2) is 7.45. The number of rotatable bonds is 5. The van der Waals surface area contributed by atoms with E-state index in [1.54, 1.807) is 6.21 Å². The van der Waals surface area contributed by atoms with Crippen LogP contribution in [-0.2, 0) is 0 Å². The Morgan fingerprint density at radius 2 is 1.91 bits per heavy atom. The van der Waals surface area contributed by atoms with Crippen molar-refractivity contribution in [1.82, 2.24) is 5.43 Å². The molecule has 1 amide bonds. The molecular formula is C18H20N2O3. The Balaban J connectivity index is 2.00. The van der Waals surface area contributed by atoms with E-state index in [2.05, 4.69) is 24.4 Å². The molecule has 0 radical (unpaired) electrons. The Hall–Kier alpha value is -2.82. The number of phenols is 1. The predicted molar refractivity (Wildman–Crippen MR) is 90.3 cm³/mol. The summed E-state index contributed by atoms with van der Waals surface area (Å²) in [4.78, 5) is 12.0. The summed E-state index contributed by atoms with van der Waals surface area (Å²) in [6, 6.07) is 12.3. The third-order valence-electron chi connectivity index (χ3n) is 3.42. The van der Waals surface area contributed by atoms with Gasteiger partial charge < -0.3 is 9.84 Å². The van der Waals surface area contributed by atoms with Gasteiger partial charge in [-0.25, -0.2) is 5.43 Å². The van der Waals surface area contributed by atoms with Crippen LogP contribution in [0, 0.1) is 0 Å². The van der Waals surface area contributed by atoms with Crippen LogP contribution >= 0.6 is 0 Å². The first-order chi connectivity index (χ1) is 11.0. The van der Waals surface area contributed by atoms with E-state index in [-0.39, 0.29) is 17.4 Å². The monoisotopic (exact) mass is 312 g/mol. The van der Waals surface area contributed by atoms with Gasteiger partial charge in [-0.05, 0) is 35.2 Å². The molecule has 23 heavy (non-hydrogen) atoms. The summed E-state index contributed by atoms with van der Waals surface area (Å²) in [6.45, 7) is 4.27. The van der Waals surface area contributed by atoms with Gasteiger partial charge in [0, 0.05) is 5.56 Å². The fourth-order valence-corrected chi connectivity index (χ4v) is 2.02. The Bertz CT molecular complexity index is 707. The van der Waals surface area contributed by atoms with E-state index in [0.29, 0.717) is 11.5 Å². The van der Waals surface area contributed by atoms with Crippen molar-refractivity contribution < 1.29 is 14.6 Å². The minimum Gasteiger partial charge on any atom is -0.504 e. The van der Waals surface area contributed by atoms with E-state index in [1.165, 1.54) is 30.9 Å². The summed E-state index contributed by atoms with van der Waals surface area (Å²) >= 11 is 0. The van der Waals surface area contributed by atoms with Crippen LogP contribution in [0.15, 0.2) is 47.6 Å². The number of amides is 1. The largest absolute Gasteiger partial charge is 0.504 e. The van der Waals surface area contributed by atoms with Gasteiger partial charge in [0.15, 0.2) is 11.5 Å². The minimum absolute atomic E-state index is 0.0159. The first-order valence-corrected chi connectivity index (χ1v) is 7.31. The number of nitrogens with zero attached hydrogens (tertiary/aromatic N) is 1. The second-order valence-corrected chi connectivity index (χ2v) is 5.41. The fraction of sp³-hybridized carbons (Fsp3) is 0.222. The number of ether oxygens (including phenoxy) is 1. The van der Waals surface area contributed by atoms with E-state index in [0.717, 1.165) is 5.56 Å². The lowest BCUT2D eigenvalue weighted by Gasteiger charge is -2.06. The number of carbonyl (C=O) groups is 1. The molecule has 5 heteroatoms. The van der Waals surface area contributed by atoms with E-state index in [9.17, 15) is 9.90 Å². The molecule has 0 spiro atoms. The summed E-state index contributed by atoms with van der Waals surface area (Å²) in [5.74, 6) is 0.326. The molecule has 2 aromatic carbocycles. The highest BCUT2D eigenvalue weighted by atomic mass is 16.5. The van der Waals surface area contributed by atoms with Crippen LogP contribution < -0.4 is 10.2 Å². The molecule has 120 valence electrons. The lowest BCUT2D eigenvalue weighted by atomic mass is 10.0. The highest BCUT2D eigenvalue weighted by molar-refractivity contribution is 5.95. The molecule has 0 unspecified atom stereocenters. The standard InChI is InChI=1S/C18H20N2O3/c1-12(2)14-6-4-13(5-7-14)11-19-20-18(22)15-8-9-16(21)17(10-15)23-3/h4-12,21H,1-3H3,(H,20,22)/b19-11+. The highest BCUT2D eigenvalue weighted by Crippen LogP contribution is 2.26. The smallest absolute Gasteiger partial charge is 0.271 e. The quantitative estimate of drug-likeness (QED) is 0.657. The minimum atomic E-state index is -0.377. The number of benzene rings is 2. The van der Waals surface area contributed by atoms with Gasteiger partial charge in [0.25, 0.3) is 5.91 Å². The molecule has 0 heterocycles. The highest BCUT2D eigenvalue weighted by Gasteiger charge is 2.08. The first kappa shape index (κ1) is 16.5. The van der Waals surface area contributed by atoms with Crippen molar-refractivity contribution in [2.45, 2.75) is 19.8 Å². The maximum atomic E-state index is 12.0. The second-order valence-electron chi connectivity index (χ2n) is 5.41. The molecule has 5 nitrogen and oxygen atoms in total. The SMILES string of the molecule is COc1cc(C(=O)N/N=C/c2ccc(C(C)C)cc2)ccc1O. The third-order valence-corrected chi connectivity index (χ3v) is 3.42. The van der Waals surface area contributed by atoms with Crippen molar-refractivity contribution in [3.05, 3.63) is 59.2 Å². The van der Waals surface area contributed by atoms with Crippen molar-refractivity contribution in [2.24, 2.45) is 5.10 Å². The van der Waals surface area contributed by atoms with E-state index in [4.69, 9.17) is 4.74 Å². The molecule has 0 fully saturated rings. The van der Waals surface area contributed by atoms with Crippen LogP contribution in [0.5, 0.6) is 11.5 Å². The van der Waals surface area contributed by atoms with Crippen LogP contribution in [-0.4, -0.2) is 24.3 Å². The number of hydrogen-bond donors (Lipinski definition) is 2. The van der Waals surface area contributed by atoms with Gasteiger partial charge in [0.2, 0.25) is 0 Å². The molecule has 0 aliphatic rings. The van der Waals surface area contributed by atoms with Gasteiger partial charge in [-0.15, -0.1) is 0 Å². The van der Waals surface area contributed by atoms with E-state index >= 15 is 0 Å². The summed E-state index contributed by atoms with van der Waals surface area (Å²) in [6.07, 6.45) is 1.58. The molecule has 2 rings (SSSR count). The number of carbonyl (C=O) groups excluding carboxylic acids is 1.